The number of halogens is 1. The minimum absolute atomic E-state index is 0.195. The van der Waals surface area contributed by atoms with Gasteiger partial charge in [-0.1, -0.05) is 12.1 Å². The second-order valence-electron chi connectivity index (χ2n) is 6.05. The molecule has 1 aromatic carbocycles. The predicted molar refractivity (Wildman–Crippen MR) is 90.2 cm³/mol. The van der Waals surface area contributed by atoms with Gasteiger partial charge in [-0.25, -0.2) is 19.3 Å². The Morgan fingerprint density at radius 3 is 3.17 bits per heavy atom. The first kappa shape index (κ1) is 15.0. The highest BCUT2D eigenvalue weighted by atomic mass is 19.1. The van der Waals surface area contributed by atoms with E-state index in [0.29, 0.717) is 18.2 Å². The molecule has 1 atom stereocenters. The second-order valence-corrected chi connectivity index (χ2v) is 6.05. The lowest BCUT2D eigenvalue weighted by Crippen LogP contribution is -2.38. The Hall–Kier alpha value is -2.54. The largest absolute Gasteiger partial charge is 0.350 e. The van der Waals surface area contributed by atoms with E-state index in [1.165, 1.54) is 6.07 Å². The number of fused-ring (bicyclic) bond motifs is 1. The molecule has 0 spiro atoms. The van der Waals surface area contributed by atoms with E-state index in [1.54, 1.807) is 24.8 Å². The van der Waals surface area contributed by atoms with E-state index < -0.39 is 0 Å². The van der Waals surface area contributed by atoms with Gasteiger partial charge in [0.15, 0.2) is 11.5 Å². The summed E-state index contributed by atoms with van der Waals surface area (Å²) in [6, 6.07) is 7.07. The molecule has 1 aliphatic heterocycles. The maximum Gasteiger partial charge on any atom is 0.182 e. The fourth-order valence-corrected chi connectivity index (χ4v) is 3.33. The van der Waals surface area contributed by atoms with Gasteiger partial charge < -0.3 is 15.2 Å². The number of nitrogens with zero attached hydrogens (tertiary/aromatic N) is 4. The number of aromatic amines is 1. The van der Waals surface area contributed by atoms with Crippen molar-refractivity contribution in [2.45, 2.75) is 25.4 Å². The first-order valence-corrected chi connectivity index (χ1v) is 8.17. The Morgan fingerprint density at radius 2 is 2.25 bits per heavy atom. The van der Waals surface area contributed by atoms with Gasteiger partial charge in [-0.05, 0) is 30.5 Å². The fourth-order valence-electron chi connectivity index (χ4n) is 3.33. The summed E-state index contributed by atoms with van der Waals surface area (Å²) in [5.74, 6) is 0.715. The molecular weight excluding hydrogens is 307 g/mol. The van der Waals surface area contributed by atoms with Crippen LogP contribution in [0.4, 0.5) is 10.2 Å². The van der Waals surface area contributed by atoms with Gasteiger partial charge in [0.2, 0.25) is 0 Å². The molecule has 1 saturated heterocycles. The molecule has 3 aromatic rings. The van der Waals surface area contributed by atoms with E-state index in [0.717, 1.165) is 42.8 Å². The summed E-state index contributed by atoms with van der Waals surface area (Å²) in [6.07, 6.45) is 5.45. The van der Waals surface area contributed by atoms with Gasteiger partial charge >= 0.3 is 0 Å². The Morgan fingerprint density at radius 1 is 1.29 bits per heavy atom. The molecule has 2 aromatic heterocycles. The third kappa shape index (κ3) is 2.94. The lowest BCUT2D eigenvalue weighted by molar-refractivity contribution is 0.568. The standard InChI is InChI=1S/C17H19FN6/c18-13-4-1-3-12(7-13)8-19-9-14-5-2-6-24(14)17-15-16(21-10-20-15)22-11-23-17/h1,3-4,7,10-11,14,19H,2,5-6,8-9H2,(H,20,21,22,23)/t14-/m1/s1. The number of hydrogen-bond acceptors (Lipinski definition) is 5. The summed E-state index contributed by atoms with van der Waals surface area (Å²) >= 11 is 0. The Labute approximate surface area is 139 Å². The van der Waals surface area contributed by atoms with Gasteiger partial charge in [0.25, 0.3) is 0 Å². The monoisotopic (exact) mass is 326 g/mol. The van der Waals surface area contributed by atoms with Crippen LogP contribution in [0, 0.1) is 5.82 Å². The average Bonchev–Trinajstić information content (AvgIpc) is 3.23. The SMILES string of the molecule is Fc1cccc(CNC[C@H]2CCCN2c2ncnc3nc[nH]c23)c1. The highest BCUT2D eigenvalue weighted by Gasteiger charge is 2.27. The van der Waals surface area contributed by atoms with E-state index in [-0.39, 0.29) is 5.82 Å². The first-order valence-electron chi connectivity index (χ1n) is 8.17. The van der Waals surface area contributed by atoms with E-state index >= 15 is 0 Å². The van der Waals surface area contributed by atoms with Gasteiger partial charge in [0.1, 0.15) is 17.7 Å². The van der Waals surface area contributed by atoms with Crippen LogP contribution >= 0.6 is 0 Å². The fraction of sp³-hybridized carbons (Fsp3) is 0.353. The number of H-pyrrole nitrogens is 1. The molecule has 6 nitrogen and oxygen atoms in total. The molecule has 7 heteroatoms. The van der Waals surface area contributed by atoms with Gasteiger partial charge in [-0.15, -0.1) is 0 Å². The van der Waals surface area contributed by atoms with Gasteiger partial charge in [-0.3, -0.25) is 0 Å². The van der Waals surface area contributed by atoms with E-state index in [1.807, 2.05) is 6.07 Å². The van der Waals surface area contributed by atoms with Crippen LogP contribution in [-0.2, 0) is 6.54 Å². The number of aromatic nitrogens is 4. The van der Waals surface area contributed by atoms with Gasteiger partial charge in [-0.2, -0.15) is 0 Å². The molecule has 1 aliphatic rings. The number of hydrogen-bond donors (Lipinski definition) is 2. The molecule has 0 unspecified atom stereocenters. The lowest BCUT2D eigenvalue weighted by atomic mass is 10.2. The smallest absolute Gasteiger partial charge is 0.182 e. The van der Waals surface area contributed by atoms with Crippen LogP contribution in [0.15, 0.2) is 36.9 Å². The van der Waals surface area contributed by atoms with Crippen molar-refractivity contribution in [3.8, 4) is 0 Å². The minimum Gasteiger partial charge on any atom is -0.350 e. The maximum absolute atomic E-state index is 13.2. The molecule has 24 heavy (non-hydrogen) atoms. The van der Waals surface area contributed by atoms with Crippen molar-refractivity contribution in [3.05, 3.63) is 48.3 Å². The van der Waals surface area contributed by atoms with Crippen LogP contribution in [0.5, 0.6) is 0 Å². The average molecular weight is 326 g/mol. The maximum atomic E-state index is 13.2. The van der Waals surface area contributed by atoms with Crippen LogP contribution in [0.1, 0.15) is 18.4 Å². The summed E-state index contributed by atoms with van der Waals surface area (Å²) in [4.78, 5) is 18.3. The summed E-state index contributed by atoms with van der Waals surface area (Å²) in [5.41, 5.74) is 2.53. The number of nitrogens with one attached hydrogen (secondary N) is 2. The Kier molecular flexibility index (Phi) is 4.08. The zero-order valence-corrected chi connectivity index (χ0v) is 13.2. The second kappa shape index (κ2) is 6.52. The number of imidazole rings is 1. The van der Waals surface area contributed by atoms with Crippen LogP contribution in [0.3, 0.4) is 0 Å². The van der Waals surface area contributed by atoms with Crippen molar-refractivity contribution < 1.29 is 4.39 Å². The molecule has 124 valence electrons. The lowest BCUT2D eigenvalue weighted by Gasteiger charge is -2.26. The molecule has 2 N–H and O–H groups in total. The summed E-state index contributed by atoms with van der Waals surface area (Å²) in [7, 11) is 0. The van der Waals surface area contributed by atoms with Crippen molar-refractivity contribution in [1.82, 2.24) is 25.3 Å². The van der Waals surface area contributed by atoms with Crippen LogP contribution < -0.4 is 10.2 Å². The molecule has 1 fully saturated rings. The van der Waals surface area contributed by atoms with Crippen LogP contribution in [0.25, 0.3) is 11.2 Å². The van der Waals surface area contributed by atoms with Crippen LogP contribution in [-0.4, -0.2) is 39.1 Å². The Balaban J connectivity index is 1.44. The summed E-state index contributed by atoms with van der Waals surface area (Å²) < 4.78 is 13.2. The third-order valence-electron chi connectivity index (χ3n) is 4.45. The van der Waals surface area contributed by atoms with Crippen LogP contribution in [0.2, 0.25) is 0 Å². The molecule has 0 radical (unpaired) electrons. The van der Waals surface area contributed by atoms with E-state index in [9.17, 15) is 4.39 Å². The van der Waals surface area contributed by atoms with E-state index in [2.05, 4.69) is 30.2 Å². The summed E-state index contributed by atoms with van der Waals surface area (Å²) in [5, 5.41) is 3.43. The highest BCUT2D eigenvalue weighted by Crippen LogP contribution is 2.27. The molecule has 0 saturated carbocycles. The zero-order valence-electron chi connectivity index (χ0n) is 13.2. The molecule has 3 heterocycles. The van der Waals surface area contributed by atoms with Gasteiger partial charge in [0.05, 0.1) is 6.33 Å². The van der Waals surface area contributed by atoms with Crippen molar-refractivity contribution >= 4 is 17.0 Å². The number of anilines is 1. The van der Waals surface area contributed by atoms with Crippen molar-refractivity contribution in [2.75, 3.05) is 18.0 Å². The zero-order chi connectivity index (χ0) is 16.4. The number of benzene rings is 1. The van der Waals surface area contributed by atoms with E-state index in [4.69, 9.17) is 0 Å². The number of rotatable bonds is 5. The third-order valence-corrected chi connectivity index (χ3v) is 4.45. The quantitative estimate of drug-likeness (QED) is 0.752. The van der Waals surface area contributed by atoms with Crippen molar-refractivity contribution in [3.63, 3.8) is 0 Å². The molecule has 0 aliphatic carbocycles. The molecular formula is C17H19FN6. The first-order chi connectivity index (χ1) is 11.8. The minimum atomic E-state index is -0.195. The molecule has 0 amide bonds. The molecule has 4 rings (SSSR count). The predicted octanol–water partition coefficient (Wildman–Crippen LogP) is 2.25. The molecule has 0 bridgehead atoms. The van der Waals surface area contributed by atoms with Crippen molar-refractivity contribution in [2.24, 2.45) is 0 Å². The topological polar surface area (TPSA) is 69.7 Å². The Bertz CT molecular complexity index is 833. The highest BCUT2D eigenvalue weighted by molar-refractivity contribution is 5.83. The van der Waals surface area contributed by atoms with Gasteiger partial charge in [0, 0.05) is 25.7 Å². The normalized spacial score (nSPS) is 17.7. The summed E-state index contributed by atoms with van der Waals surface area (Å²) in [6.45, 7) is 2.46. The van der Waals surface area contributed by atoms with Crippen molar-refractivity contribution in [1.29, 1.82) is 0 Å².